The summed E-state index contributed by atoms with van der Waals surface area (Å²) < 4.78 is 16.7. The Kier molecular flexibility index (Phi) is 5.64. The summed E-state index contributed by atoms with van der Waals surface area (Å²) in [6.45, 7) is 4.65. The summed E-state index contributed by atoms with van der Waals surface area (Å²) >= 11 is 5.79. The smallest absolute Gasteiger partial charge is 0.170 e. The number of thiocarbonyl (C=S) groups is 1. The molecule has 1 saturated heterocycles. The maximum Gasteiger partial charge on any atom is 0.170 e. The van der Waals surface area contributed by atoms with Crippen molar-refractivity contribution in [1.29, 1.82) is 0 Å². The summed E-state index contributed by atoms with van der Waals surface area (Å²) in [7, 11) is 0. The highest BCUT2D eigenvalue weighted by Gasteiger charge is 2.41. The van der Waals surface area contributed by atoms with Gasteiger partial charge in [0.25, 0.3) is 0 Å². The quantitative estimate of drug-likeness (QED) is 0.418. The third kappa shape index (κ3) is 3.89. The van der Waals surface area contributed by atoms with Gasteiger partial charge in [0, 0.05) is 36.5 Å². The van der Waals surface area contributed by atoms with Gasteiger partial charge in [-0.2, -0.15) is 0 Å². The molecule has 3 aromatic heterocycles. The fourth-order valence-electron chi connectivity index (χ4n) is 4.69. The third-order valence-corrected chi connectivity index (χ3v) is 6.51. The van der Waals surface area contributed by atoms with Crippen LogP contribution < -0.4 is 5.32 Å². The van der Waals surface area contributed by atoms with Gasteiger partial charge in [-0.1, -0.05) is 24.3 Å². The number of aryl methyl sites for hydroxylation is 1. The van der Waals surface area contributed by atoms with E-state index < -0.39 is 0 Å². The molecule has 0 bridgehead atoms. The molecular formula is C26H24FN5S. The van der Waals surface area contributed by atoms with Gasteiger partial charge >= 0.3 is 0 Å². The average molecular weight is 458 g/mol. The van der Waals surface area contributed by atoms with E-state index in [0.717, 1.165) is 28.2 Å². The molecule has 5 nitrogen and oxygen atoms in total. The highest BCUT2D eigenvalue weighted by Crippen LogP contribution is 2.42. The molecule has 4 aromatic rings. The van der Waals surface area contributed by atoms with Crippen molar-refractivity contribution in [1.82, 2.24) is 24.8 Å². The molecule has 0 amide bonds. The first kappa shape index (κ1) is 21.3. The lowest BCUT2D eigenvalue weighted by atomic mass is 9.96. The van der Waals surface area contributed by atoms with E-state index in [0.29, 0.717) is 17.3 Å². The van der Waals surface area contributed by atoms with Gasteiger partial charge in [0.15, 0.2) is 5.11 Å². The SMILES string of the molecule is Cc1cc([C@H]2[C@@H](c3ccccn3)NC(=S)N2Cc2cccnc2)c(C)n1-c1ccccc1F. The van der Waals surface area contributed by atoms with E-state index in [1.54, 1.807) is 24.5 Å². The van der Waals surface area contributed by atoms with Gasteiger partial charge in [-0.15, -0.1) is 0 Å². The Bertz CT molecular complexity index is 1290. The molecule has 1 aliphatic rings. The number of para-hydroxylation sites is 1. The summed E-state index contributed by atoms with van der Waals surface area (Å²) in [6, 6.07) is 18.6. The summed E-state index contributed by atoms with van der Waals surface area (Å²) in [6.07, 6.45) is 5.42. The summed E-state index contributed by atoms with van der Waals surface area (Å²) in [5.41, 5.74) is 5.55. The van der Waals surface area contributed by atoms with Crippen LogP contribution >= 0.6 is 12.2 Å². The molecule has 1 N–H and O–H groups in total. The fraction of sp³-hybridized carbons (Fsp3) is 0.192. The largest absolute Gasteiger partial charge is 0.352 e. The monoisotopic (exact) mass is 457 g/mol. The van der Waals surface area contributed by atoms with Crippen molar-refractivity contribution in [2.45, 2.75) is 32.5 Å². The number of rotatable bonds is 5. The Hall–Kier alpha value is -3.58. The van der Waals surface area contributed by atoms with Crippen molar-refractivity contribution in [2.24, 2.45) is 0 Å². The number of halogens is 1. The van der Waals surface area contributed by atoms with Gasteiger partial charge in [0.05, 0.1) is 23.5 Å². The molecule has 0 unspecified atom stereocenters. The van der Waals surface area contributed by atoms with Gasteiger partial charge in [0.1, 0.15) is 5.82 Å². The second-order valence-electron chi connectivity index (χ2n) is 8.23. The van der Waals surface area contributed by atoms with Crippen LogP contribution in [0.2, 0.25) is 0 Å². The van der Waals surface area contributed by atoms with Crippen LogP contribution in [0, 0.1) is 19.7 Å². The second-order valence-corrected chi connectivity index (χ2v) is 8.62. The van der Waals surface area contributed by atoms with Gasteiger partial charge in [-0.3, -0.25) is 9.97 Å². The first-order valence-corrected chi connectivity index (χ1v) is 11.3. The van der Waals surface area contributed by atoms with Crippen molar-refractivity contribution < 1.29 is 4.39 Å². The minimum Gasteiger partial charge on any atom is -0.352 e. The minimum absolute atomic E-state index is 0.112. The van der Waals surface area contributed by atoms with E-state index in [2.05, 4.69) is 26.3 Å². The zero-order chi connectivity index (χ0) is 22.9. The number of benzene rings is 1. The summed E-state index contributed by atoms with van der Waals surface area (Å²) in [4.78, 5) is 11.1. The molecule has 0 radical (unpaired) electrons. The molecule has 7 heteroatoms. The molecule has 2 atom stereocenters. The van der Waals surface area contributed by atoms with Crippen LogP contribution in [0.25, 0.3) is 5.69 Å². The Labute approximate surface area is 197 Å². The zero-order valence-corrected chi connectivity index (χ0v) is 19.3. The molecule has 33 heavy (non-hydrogen) atoms. The zero-order valence-electron chi connectivity index (χ0n) is 18.4. The number of nitrogens with one attached hydrogen (secondary N) is 1. The first-order chi connectivity index (χ1) is 16.0. The van der Waals surface area contributed by atoms with E-state index in [4.69, 9.17) is 12.2 Å². The number of nitrogens with zero attached hydrogens (tertiary/aromatic N) is 4. The van der Waals surface area contributed by atoms with E-state index in [1.807, 2.05) is 61.0 Å². The lowest BCUT2D eigenvalue weighted by Crippen LogP contribution is -2.29. The lowest BCUT2D eigenvalue weighted by Gasteiger charge is -2.28. The fourth-order valence-corrected chi connectivity index (χ4v) is 5.00. The predicted molar refractivity (Wildman–Crippen MR) is 130 cm³/mol. The molecule has 0 saturated carbocycles. The highest BCUT2D eigenvalue weighted by atomic mass is 32.1. The van der Waals surface area contributed by atoms with E-state index in [9.17, 15) is 4.39 Å². The lowest BCUT2D eigenvalue weighted by molar-refractivity contribution is 0.310. The minimum atomic E-state index is -0.251. The number of pyridine rings is 2. The van der Waals surface area contributed by atoms with E-state index in [1.165, 1.54) is 6.07 Å². The molecule has 5 rings (SSSR count). The van der Waals surface area contributed by atoms with Crippen LogP contribution in [0.5, 0.6) is 0 Å². The molecule has 1 fully saturated rings. The van der Waals surface area contributed by atoms with Crippen LogP contribution in [0.4, 0.5) is 4.39 Å². The molecule has 0 spiro atoms. The molecule has 0 aliphatic carbocycles. The Morgan fingerprint density at radius 1 is 1.03 bits per heavy atom. The van der Waals surface area contributed by atoms with Crippen molar-refractivity contribution in [3.63, 3.8) is 0 Å². The van der Waals surface area contributed by atoms with Gasteiger partial charge in [-0.25, -0.2) is 4.39 Å². The molecule has 1 aromatic carbocycles. The maximum absolute atomic E-state index is 14.7. The van der Waals surface area contributed by atoms with Crippen LogP contribution in [0.3, 0.4) is 0 Å². The van der Waals surface area contributed by atoms with Crippen LogP contribution in [0.1, 0.15) is 40.3 Å². The predicted octanol–water partition coefficient (Wildman–Crippen LogP) is 5.20. The van der Waals surface area contributed by atoms with Crippen molar-refractivity contribution in [3.05, 3.63) is 113 Å². The van der Waals surface area contributed by atoms with E-state index in [-0.39, 0.29) is 17.9 Å². The van der Waals surface area contributed by atoms with Crippen LogP contribution in [-0.2, 0) is 6.54 Å². The molecule has 166 valence electrons. The van der Waals surface area contributed by atoms with Crippen molar-refractivity contribution in [2.75, 3.05) is 0 Å². The Morgan fingerprint density at radius 2 is 1.85 bits per heavy atom. The van der Waals surface area contributed by atoms with Crippen LogP contribution in [0.15, 0.2) is 79.3 Å². The van der Waals surface area contributed by atoms with Gasteiger partial charge in [0.2, 0.25) is 0 Å². The van der Waals surface area contributed by atoms with E-state index >= 15 is 0 Å². The first-order valence-electron chi connectivity index (χ1n) is 10.9. The molecular weight excluding hydrogens is 433 g/mol. The van der Waals surface area contributed by atoms with Gasteiger partial charge in [-0.05, 0) is 73.6 Å². The highest BCUT2D eigenvalue weighted by molar-refractivity contribution is 7.80. The Morgan fingerprint density at radius 3 is 2.58 bits per heavy atom. The number of hydrogen-bond donors (Lipinski definition) is 1. The van der Waals surface area contributed by atoms with Crippen molar-refractivity contribution in [3.8, 4) is 5.69 Å². The average Bonchev–Trinajstić information content (AvgIpc) is 3.30. The number of hydrogen-bond acceptors (Lipinski definition) is 3. The topological polar surface area (TPSA) is 46.0 Å². The number of aromatic nitrogens is 3. The second kappa shape index (κ2) is 8.75. The summed E-state index contributed by atoms with van der Waals surface area (Å²) in [5, 5.41) is 4.15. The molecule has 4 heterocycles. The molecule has 1 aliphatic heterocycles. The van der Waals surface area contributed by atoms with Crippen LogP contribution in [-0.4, -0.2) is 24.5 Å². The Balaban J connectivity index is 1.63. The van der Waals surface area contributed by atoms with Crippen molar-refractivity contribution >= 4 is 17.3 Å². The summed E-state index contributed by atoms with van der Waals surface area (Å²) in [5.74, 6) is -0.251. The normalized spacial score (nSPS) is 17.9. The third-order valence-electron chi connectivity index (χ3n) is 6.16. The maximum atomic E-state index is 14.7. The standard InChI is InChI=1S/C26H24FN5S/c1-17-14-20(18(2)32(17)23-11-4-3-9-21(23)27)25-24(22-10-5-6-13-29-22)30-26(33)31(25)16-19-8-7-12-28-15-19/h3-15,24-25H,16H2,1-2H3,(H,30,33)/t24-,25+/m1/s1. The van der Waals surface area contributed by atoms with Gasteiger partial charge < -0.3 is 14.8 Å².